The average molecular weight is 206 g/mol. The first-order valence-electron chi connectivity index (χ1n) is 5.47. The molecule has 1 heteroatoms. The second-order valence-corrected chi connectivity index (χ2v) is 4.55. The second-order valence-electron chi connectivity index (χ2n) is 4.55. The van der Waals surface area contributed by atoms with Gasteiger partial charge in [-0.05, 0) is 25.8 Å². The number of rotatable bonds is 5. The minimum Gasteiger partial charge on any atom is -0.294 e. The molecule has 0 aliphatic heterocycles. The van der Waals surface area contributed by atoms with Crippen LogP contribution < -0.4 is 0 Å². The molecule has 0 aromatic rings. The third kappa shape index (κ3) is 7.92. The van der Waals surface area contributed by atoms with E-state index in [4.69, 9.17) is 0 Å². The number of allylic oxidation sites excluding steroid dienone is 6. The Morgan fingerprint density at radius 3 is 2.20 bits per heavy atom. The van der Waals surface area contributed by atoms with Crippen molar-refractivity contribution in [1.82, 2.24) is 0 Å². The zero-order chi connectivity index (χ0) is 11.7. The van der Waals surface area contributed by atoms with Gasteiger partial charge in [-0.1, -0.05) is 51.2 Å². The van der Waals surface area contributed by atoms with E-state index >= 15 is 0 Å². The second kappa shape index (κ2) is 7.22. The lowest BCUT2D eigenvalue weighted by Crippen LogP contribution is -2.17. The van der Waals surface area contributed by atoms with Crippen LogP contribution in [0, 0.1) is 5.41 Å². The van der Waals surface area contributed by atoms with Crippen molar-refractivity contribution in [2.24, 2.45) is 5.41 Å². The van der Waals surface area contributed by atoms with Gasteiger partial charge in [0.15, 0.2) is 5.78 Å². The monoisotopic (exact) mass is 206 g/mol. The van der Waals surface area contributed by atoms with Gasteiger partial charge in [0.1, 0.15) is 0 Å². The summed E-state index contributed by atoms with van der Waals surface area (Å²) in [6.45, 7) is 7.80. The highest BCUT2D eigenvalue weighted by Crippen LogP contribution is 2.14. The van der Waals surface area contributed by atoms with E-state index in [1.165, 1.54) is 0 Å². The standard InChI is InChI=1S/C14H22O/c1-5-6-7-8-9-10-11-12-13(15)14(2,3)4/h5-6,9-12H,7-8H2,1-4H3. The zero-order valence-electron chi connectivity index (χ0n) is 10.3. The van der Waals surface area contributed by atoms with Crippen LogP contribution >= 0.6 is 0 Å². The van der Waals surface area contributed by atoms with Gasteiger partial charge in [-0.3, -0.25) is 4.79 Å². The number of hydrogen-bond acceptors (Lipinski definition) is 1. The molecule has 0 atom stereocenters. The Kier molecular flexibility index (Phi) is 6.68. The molecule has 0 amide bonds. The van der Waals surface area contributed by atoms with Crippen molar-refractivity contribution < 1.29 is 4.79 Å². The molecule has 1 nitrogen and oxygen atoms in total. The van der Waals surface area contributed by atoms with E-state index in [0.717, 1.165) is 12.8 Å². The molecule has 0 bridgehead atoms. The van der Waals surface area contributed by atoms with E-state index < -0.39 is 0 Å². The predicted octanol–water partition coefficient (Wildman–Crippen LogP) is 4.07. The molecule has 0 fully saturated rings. The third-order valence-electron chi connectivity index (χ3n) is 1.97. The van der Waals surface area contributed by atoms with Crippen LogP contribution in [0.15, 0.2) is 36.5 Å². The normalized spacial score (nSPS) is 13.3. The summed E-state index contributed by atoms with van der Waals surface area (Å²) in [5.41, 5.74) is -0.269. The van der Waals surface area contributed by atoms with Gasteiger partial charge in [0.05, 0.1) is 0 Å². The zero-order valence-corrected chi connectivity index (χ0v) is 10.3. The molecule has 0 aliphatic carbocycles. The van der Waals surface area contributed by atoms with Crippen molar-refractivity contribution in [3.05, 3.63) is 36.5 Å². The summed E-state index contributed by atoms with van der Waals surface area (Å²) >= 11 is 0. The summed E-state index contributed by atoms with van der Waals surface area (Å²) in [4.78, 5) is 11.5. The van der Waals surface area contributed by atoms with Crippen LogP contribution in [0.2, 0.25) is 0 Å². The highest BCUT2D eigenvalue weighted by molar-refractivity contribution is 5.94. The fraction of sp³-hybridized carbons (Fsp3) is 0.500. The van der Waals surface area contributed by atoms with E-state index in [1.54, 1.807) is 6.08 Å². The van der Waals surface area contributed by atoms with Crippen molar-refractivity contribution in [2.75, 3.05) is 0 Å². The van der Waals surface area contributed by atoms with E-state index in [1.807, 2.05) is 45.9 Å². The largest absolute Gasteiger partial charge is 0.294 e. The van der Waals surface area contributed by atoms with Gasteiger partial charge in [-0.2, -0.15) is 0 Å². The van der Waals surface area contributed by atoms with Crippen molar-refractivity contribution in [1.29, 1.82) is 0 Å². The van der Waals surface area contributed by atoms with E-state index in [-0.39, 0.29) is 11.2 Å². The Bertz CT molecular complexity index is 262. The molecule has 0 saturated carbocycles. The first-order valence-corrected chi connectivity index (χ1v) is 5.47. The first-order chi connectivity index (χ1) is 6.98. The first kappa shape index (κ1) is 13.9. The fourth-order valence-corrected chi connectivity index (χ4v) is 0.927. The summed E-state index contributed by atoms with van der Waals surface area (Å²) in [5, 5.41) is 0. The smallest absolute Gasteiger partial charge is 0.160 e. The summed E-state index contributed by atoms with van der Waals surface area (Å²) in [6.07, 6.45) is 13.8. The quantitative estimate of drug-likeness (QED) is 0.287. The Hall–Kier alpha value is -1.11. The Morgan fingerprint density at radius 1 is 1.07 bits per heavy atom. The number of carbonyl (C=O) groups is 1. The number of carbonyl (C=O) groups excluding carboxylic acids is 1. The number of hydrogen-bond donors (Lipinski definition) is 0. The molecule has 0 spiro atoms. The van der Waals surface area contributed by atoms with Gasteiger partial charge in [0.2, 0.25) is 0 Å². The molecular formula is C14H22O. The summed E-state index contributed by atoms with van der Waals surface area (Å²) in [6, 6.07) is 0. The molecule has 0 saturated heterocycles. The SMILES string of the molecule is CC=CCCC=CC=CC(=O)C(C)(C)C. The van der Waals surface area contributed by atoms with Crippen molar-refractivity contribution in [3.8, 4) is 0 Å². The number of unbranched alkanes of at least 4 members (excludes halogenated alkanes) is 1. The van der Waals surface area contributed by atoms with E-state index in [2.05, 4.69) is 12.2 Å². The molecule has 0 aliphatic rings. The van der Waals surface area contributed by atoms with Gasteiger partial charge < -0.3 is 0 Å². The average Bonchev–Trinajstić information content (AvgIpc) is 2.14. The highest BCUT2D eigenvalue weighted by atomic mass is 16.1. The van der Waals surface area contributed by atoms with Crippen LogP contribution in [0.25, 0.3) is 0 Å². The minimum atomic E-state index is -0.269. The van der Waals surface area contributed by atoms with Crippen molar-refractivity contribution in [3.63, 3.8) is 0 Å². The van der Waals surface area contributed by atoms with Gasteiger partial charge >= 0.3 is 0 Å². The van der Waals surface area contributed by atoms with E-state index in [9.17, 15) is 4.79 Å². The lowest BCUT2D eigenvalue weighted by molar-refractivity contribution is -0.121. The lowest BCUT2D eigenvalue weighted by atomic mass is 9.91. The topological polar surface area (TPSA) is 17.1 Å². The molecule has 0 N–H and O–H groups in total. The Morgan fingerprint density at radius 2 is 1.67 bits per heavy atom. The minimum absolute atomic E-state index is 0.167. The lowest BCUT2D eigenvalue weighted by Gasteiger charge is -2.12. The molecule has 0 radical (unpaired) electrons. The van der Waals surface area contributed by atoms with Gasteiger partial charge in [-0.25, -0.2) is 0 Å². The fourth-order valence-electron chi connectivity index (χ4n) is 0.927. The molecule has 84 valence electrons. The van der Waals surface area contributed by atoms with Gasteiger partial charge in [-0.15, -0.1) is 0 Å². The molecule has 0 aromatic heterocycles. The maximum Gasteiger partial charge on any atom is 0.160 e. The third-order valence-corrected chi connectivity index (χ3v) is 1.97. The molecule has 15 heavy (non-hydrogen) atoms. The molecule has 0 heterocycles. The molecule has 0 aromatic carbocycles. The predicted molar refractivity (Wildman–Crippen MR) is 66.8 cm³/mol. The van der Waals surface area contributed by atoms with Crippen LogP contribution in [0.1, 0.15) is 40.5 Å². The molecule has 0 unspecified atom stereocenters. The maximum atomic E-state index is 11.5. The maximum absolute atomic E-state index is 11.5. The van der Waals surface area contributed by atoms with Crippen LogP contribution in [0.5, 0.6) is 0 Å². The highest BCUT2D eigenvalue weighted by Gasteiger charge is 2.17. The van der Waals surface area contributed by atoms with Crippen molar-refractivity contribution >= 4 is 5.78 Å². The van der Waals surface area contributed by atoms with Gasteiger partial charge in [0, 0.05) is 5.41 Å². The molecular weight excluding hydrogens is 184 g/mol. The van der Waals surface area contributed by atoms with Crippen molar-refractivity contribution in [2.45, 2.75) is 40.5 Å². The van der Waals surface area contributed by atoms with Crippen LogP contribution in [-0.2, 0) is 4.79 Å². The Labute approximate surface area is 93.6 Å². The van der Waals surface area contributed by atoms with Crippen LogP contribution in [-0.4, -0.2) is 5.78 Å². The van der Waals surface area contributed by atoms with Crippen LogP contribution in [0.4, 0.5) is 0 Å². The van der Waals surface area contributed by atoms with Crippen LogP contribution in [0.3, 0.4) is 0 Å². The Balaban J connectivity index is 3.85. The summed E-state index contributed by atoms with van der Waals surface area (Å²) < 4.78 is 0. The summed E-state index contributed by atoms with van der Waals surface area (Å²) in [7, 11) is 0. The molecule has 0 rings (SSSR count). The number of ketones is 1. The van der Waals surface area contributed by atoms with Gasteiger partial charge in [0.25, 0.3) is 0 Å². The summed E-state index contributed by atoms with van der Waals surface area (Å²) in [5.74, 6) is 0.167. The van der Waals surface area contributed by atoms with E-state index in [0.29, 0.717) is 0 Å².